The van der Waals surface area contributed by atoms with Crippen molar-refractivity contribution in [3.8, 4) is 11.1 Å². The molecule has 0 aromatic heterocycles. The first-order chi connectivity index (χ1) is 12.7. The summed E-state index contributed by atoms with van der Waals surface area (Å²) < 4.78 is 0. The molecule has 0 aliphatic heterocycles. The smallest absolute Gasteiger partial charge is 0.248 e. The third-order valence-electron chi connectivity index (χ3n) is 5.45. The number of hydrogen-bond donors (Lipinski definition) is 2. The highest BCUT2D eigenvalue weighted by molar-refractivity contribution is 5.94. The standard InChI is InChI=1S/C23H30N2O/c24-23(26)22-10-4-9-21(16-22)20-13-11-19(12-14-20)17-25-15-5-8-18-6-2-1-3-7-18/h4,9-14,16,18,25H,1-3,5-8,15,17H2,(H2,24,26). The van der Waals surface area contributed by atoms with E-state index in [0.717, 1.165) is 30.1 Å². The molecule has 3 nitrogen and oxygen atoms in total. The van der Waals surface area contributed by atoms with E-state index in [0.29, 0.717) is 5.56 Å². The van der Waals surface area contributed by atoms with Gasteiger partial charge in [0.1, 0.15) is 0 Å². The zero-order valence-corrected chi connectivity index (χ0v) is 15.5. The monoisotopic (exact) mass is 350 g/mol. The zero-order chi connectivity index (χ0) is 18.2. The first-order valence-electron chi connectivity index (χ1n) is 9.92. The summed E-state index contributed by atoms with van der Waals surface area (Å²) in [6.45, 7) is 2.01. The molecule has 2 aromatic carbocycles. The third-order valence-corrected chi connectivity index (χ3v) is 5.45. The van der Waals surface area contributed by atoms with Gasteiger partial charge in [0.05, 0.1) is 0 Å². The van der Waals surface area contributed by atoms with E-state index in [2.05, 4.69) is 29.6 Å². The number of primary amides is 1. The van der Waals surface area contributed by atoms with Gasteiger partial charge in [0.25, 0.3) is 0 Å². The van der Waals surface area contributed by atoms with E-state index in [-0.39, 0.29) is 5.91 Å². The second kappa shape index (κ2) is 9.54. The lowest BCUT2D eigenvalue weighted by Gasteiger charge is -2.21. The van der Waals surface area contributed by atoms with Crippen LogP contribution in [-0.2, 0) is 6.54 Å². The summed E-state index contributed by atoms with van der Waals surface area (Å²) in [7, 11) is 0. The number of carbonyl (C=O) groups is 1. The van der Waals surface area contributed by atoms with Crippen LogP contribution in [0.4, 0.5) is 0 Å². The number of nitrogens with one attached hydrogen (secondary N) is 1. The van der Waals surface area contributed by atoms with Crippen molar-refractivity contribution in [1.29, 1.82) is 0 Å². The largest absolute Gasteiger partial charge is 0.366 e. The van der Waals surface area contributed by atoms with Crippen molar-refractivity contribution in [3.05, 3.63) is 59.7 Å². The lowest BCUT2D eigenvalue weighted by atomic mass is 9.86. The van der Waals surface area contributed by atoms with Crippen LogP contribution in [0.25, 0.3) is 11.1 Å². The number of carbonyl (C=O) groups excluding carboxylic acids is 1. The zero-order valence-electron chi connectivity index (χ0n) is 15.5. The van der Waals surface area contributed by atoms with Crippen molar-refractivity contribution in [2.45, 2.75) is 51.5 Å². The first-order valence-corrected chi connectivity index (χ1v) is 9.92. The summed E-state index contributed by atoms with van der Waals surface area (Å²) in [5.41, 5.74) is 9.33. The fourth-order valence-corrected chi connectivity index (χ4v) is 3.89. The SMILES string of the molecule is NC(=O)c1cccc(-c2ccc(CNCCCC3CCCCC3)cc2)c1. The van der Waals surface area contributed by atoms with Gasteiger partial charge in [-0.2, -0.15) is 0 Å². The van der Waals surface area contributed by atoms with E-state index in [1.165, 1.54) is 50.5 Å². The Morgan fingerprint density at radius 2 is 1.77 bits per heavy atom. The summed E-state index contributed by atoms with van der Waals surface area (Å²) in [5, 5.41) is 3.56. The van der Waals surface area contributed by atoms with Crippen molar-refractivity contribution in [2.75, 3.05) is 6.54 Å². The maximum atomic E-state index is 11.3. The molecule has 0 radical (unpaired) electrons. The molecule has 3 heteroatoms. The first kappa shape index (κ1) is 18.7. The Kier molecular flexibility index (Phi) is 6.84. The Morgan fingerprint density at radius 1 is 1.00 bits per heavy atom. The van der Waals surface area contributed by atoms with Crippen molar-refractivity contribution < 1.29 is 4.79 Å². The summed E-state index contributed by atoms with van der Waals surface area (Å²) in [5.74, 6) is 0.585. The number of hydrogen-bond acceptors (Lipinski definition) is 2. The van der Waals surface area contributed by atoms with E-state index in [1.54, 1.807) is 6.07 Å². The Balaban J connectivity index is 1.44. The van der Waals surface area contributed by atoms with E-state index < -0.39 is 0 Å². The molecular formula is C23H30N2O. The van der Waals surface area contributed by atoms with Crippen LogP contribution < -0.4 is 11.1 Å². The molecule has 0 spiro atoms. The van der Waals surface area contributed by atoms with Crippen LogP contribution in [0.1, 0.15) is 60.9 Å². The van der Waals surface area contributed by atoms with E-state index in [4.69, 9.17) is 5.73 Å². The molecule has 2 aromatic rings. The fraction of sp³-hybridized carbons (Fsp3) is 0.435. The highest BCUT2D eigenvalue weighted by Crippen LogP contribution is 2.27. The van der Waals surface area contributed by atoms with E-state index in [1.807, 2.05) is 18.2 Å². The van der Waals surface area contributed by atoms with Crippen molar-refractivity contribution in [1.82, 2.24) is 5.32 Å². The summed E-state index contributed by atoms with van der Waals surface area (Å²) in [6.07, 6.45) is 9.86. The second-order valence-corrected chi connectivity index (χ2v) is 7.47. The molecule has 26 heavy (non-hydrogen) atoms. The molecule has 3 rings (SSSR count). The number of amides is 1. The average Bonchev–Trinajstić information content (AvgIpc) is 2.69. The Morgan fingerprint density at radius 3 is 2.50 bits per heavy atom. The Bertz CT molecular complexity index is 702. The fourth-order valence-electron chi connectivity index (χ4n) is 3.89. The molecule has 0 bridgehead atoms. The molecule has 3 N–H and O–H groups in total. The van der Waals surface area contributed by atoms with Crippen LogP contribution in [0.3, 0.4) is 0 Å². The summed E-state index contributed by atoms with van der Waals surface area (Å²) >= 11 is 0. The van der Waals surface area contributed by atoms with Gasteiger partial charge in [-0.25, -0.2) is 0 Å². The van der Waals surface area contributed by atoms with Crippen molar-refractivity contribution in [3.63, 3.8) is 0 Å². The molecule has 0 atom stereocenters. The van der Waals surface area contributed by atoms with Crippen LogP contribution in [0.2, 0.25) is 0 Å². The highest BCUT2D eigenvalue weighted by atomic mass is 16.1. The Labute approximate surface area is 157 Å². The molecule has 0 heterocycles. The van der Waals surface area contributed by atoms with Crippen LogP contribution >= 0.6 is 0 Å². The van der Waals surface area contributed by atoms with Crippen molar-refractivity contribution in [2.24, 2.45) is 11.7 Å². The predicted molar refractivity (Wildman–Crippen MR) is 108 cm³/mol. The number of nitrogens with two attached hydrogens (primary N) is 1. The molecule has 1 aliphatic carbocycles. The van der Waals surface area contributed by atoms with Gasteiger partial charge in [0.15, 0.2) is 0 Å². The second-order valence-electron chi connectivity index (χ2n) is 7.47. The lowest BCUT2D eigenvalue weighted by molar-refractivity contribution is 0.100. The van der Waals surface area contributed by atoms with Gasteiger partial charge in [0, 0.05) is 12.1 Å². The molecule has 0 saturated heterocycles. The molecule has 138 valence electrons. The van der Waals surface area contributed by atoms with Crippen LogP contribution in [0.15, 0.2) is 48.5 Å². The third kappa shape index (κ3) is 5.43. The molecule has 0 unspecified atom stereocenters. The van der Waals surface area contributed by atoms with Gasteiger partial charge in [-0.15, -0.1) is 0 Å². The van der Waals surface area contributed by atoms with Crippen molar-refractivity contribution >= 4 is 5.91 Å². The highest BCUT2D eigenvalue weighted by Gasteiger charge is 2.12. The van der Waals surface area contributed by atoms with Gasteiger partial charge in [-0.3, -0.25) is 4.79 Å². The molecule has 1 fully saturated rings. The molecule has 1 saturated carbocycles. The van der Waals surface area contributed by atoms with Gasteiger partial charge >= 0.3 is 0 Å². The van der Waals surface area contributed by atoms with Gasteiger partial charge < -0.3 is 11.1 Å². The van der Waals surface area contributed by atoms with Gasteiger partial charge in [-0.1, -0.05) is 68.5 Å². The predicted octanol–water partition coefficient (Wildman–Crippen LogP) is 4.90. The topological polar surface area (TPSA) is 55.1 Å². The van der Waals surface area contributed by atoms with Crippen LogP contribution in [0.5, 0.6) is 0 Å². The minimum absolute atomic E-state index is 0.388. The normalized spacial score (nSPS) is 15.1. The van der Waals surface area contributed by atoms with E-state index >= 15 is 0 Å². The number of benzene rings is 2. The lowest BCUT2D eigenvalue weighted by Crippen LogP contribution is -2.16. The average molecular weight is 351 g/mol. The molecule has 1 aliphatic rings. The van der Waals surface area contributed by atoms with Crippen LogP contribution in [0, 0.1) is 5.92 Å². The molecular weight excluding hydrogens is 320 g/mol. The van der Waals surface area contributed by atoms with Gasteiger partial charge in [-0.05, 0) is 54.1 Å². The summed E-state index contributed by atoms with van der Waals surface area (Å²) in [6, 6.07) is 16.0. The quantitative estimate of drug-likeness (QED) is 0.665. The number of rotatable bonds is 8. The minimum atomic E-state index is -0.388. The van der Waals surface area contributed by atoms with Crippen LogP contribution in [-0.4, -0.2) is 12.5 Å². The molecule has 1 amide bonds. The summed E-state index contributed by atoms with van der Waals surface area (Å²) in [4.78, 5) is 11.3. The maximum absolute atomic E-state index is 11.3. The Hall–Kier alpha value is -2.13. The van der Waals surface area contributed by atoms with E-state index in [9.17, 15) is 4.79 Å². The minimum Gasteiger partial charge on any atom is -0.366 e. The maximum Gasteiger partial charge on any atom is 0.248 e. The van der Waals surface area contributed by atoms with Gasteiger partial charge in [0.2, 0.25) is 5.91 Å².